The van der Waals surface area contributed by atoms with Gasteiger partial charge in [0.25, 0.3) is 5.92 Å². The Morgan fingerprint density at radius 2 is 1.70 bits per heavy atom. The van der Waals surface area contributed by atoms with Gasteiger partial charge < -0.3 is 5.32 Å². The lowest BCUT2D eigenvalue weighted by Gasteiger charge is -2.19. The Hall–Kier alpha value is -1.75. The van der Waals surface area contributed by atoms with Gasteiger partial charge in [-0.2, -0.15) is 8.78 Å². The molecule has 20 heavy (non-hydrogen) atoms. The number of nitrogens with one attached hydrogen (secondary N) is 1. The van der Waals surface area contributed by atoms with E-state index in [1.54, 1.807) is 6.07 Å². The van der Waals surface area contributed by atoms with E-state index in [4.69, 9.17) is 11.6 Å². The van der Waals surface area contributed by atoms with Gasteiger partial charge >= 0.3 is 0 Å². The lowest BCUT2D eigenvalue weighted by Crippen LogP contribution is -2.25. The van der Waals surface area contributed by atoms with Crippen molar-refractivity contribution in [2.24, 2.45) is 0 Å². The van der Waals surface area contributed by atoms with Gasteiger partial charge in [-0.15, -0.1) is 0 Å². The Morgan fingerprint density at radius 3 is 2.30 bits per heavy atom. The van der Waals surface area contributed by atoms with Gasteiger partial charge in [-0.3, -0.25) is 0 Å². The van der Waals surface area contributed by atoms with E-state index < -0.39 is 24.1 Å². The fraction of sp³-hybridized carbons (Fsp3) is 0.143. The first kappa shape index (κ1) is 14.7. The zero-order chi connectivity index (χ0) is 14.8. The molecule has 106 valence electrons. The summed E-state index contributed by atoms with van der Waals surface area (Å²) in [4.78, 5) is 0. The molecule has 2 aromatic rings. The Balaban J connectivity index is 2.17. The van der Waals surface area contributed by atoms with Gasteiger partial charge in [0.2, 0.25) is 0 Å². The van der Waals surface area contributed by atoms with E-state index in [0.29, 0.717) is 6.07 Å². The Bertz CT molecular complexity index is 578. The topological polar surface area (TPSA) is 12.0 Å². The van der Waals surface area contributed by atoms with E-state index in [9.17, 15) is 17.6 Å². The normalized spacial score (nSPS) is 11.4. The van der Waals surface area contributed by atoms with Crippen LogP contribution in [0.5, 0.6) is 0 Å². The quantitative estimate of drug-likeness (QED) is 0.798. The molecule has 0 aliphatic heterocycles. The van der Waals surface area contributed by atoms with Crippen LogP contribution in [0.3, 0.4) is 0 Å². The third-order valence-electron chi connectivity index (χ3n) is 2.69. The van der Waals surface area contributed by atoms with Gasteiger partial charge in [0, 0.05) is 11.6 Å². The maximum Gasteiger partial charge on any atom is 0.290 e. The summed E-state index contributed by atoms with van der Waals surface area (Å²) in [5.74, 6) is -5.09. The molecule has 2 rings (SSSR count). The predicted octanol–water partition coefficient (Wildman–Crippen LogP) is 4.82. The molecular weight excluding hydrogens is 294 g/mol. The monoisotopic (exact) mass is 303 g/mol. The number of alkyl halides is 2. The van der Waals surface area contributed by atoms with Crippen LogP contribution in [-0.4, -0.2) is 6.54 Å². The van der Waals surface area contributed by atoms with Crippen molar-refractivity contribution < 1.29 is 17.6 Å². The van der Waals surface area contributed by atoms with Crippen LogP contribution >= 0.6 is 11.6 Å². The summed E-state index contributed by atoms with van der Waals surface area (Å²) in [7, 11) is 0. The second kappa shape index (κ2) is 5.71. The fourth-order valence-electron chi connectivity index (χ4n) is 1.69. The van der Waals surface area contributed by atoms with Crippen molar-refractivity contribution >= 4 is 17.3 Å². The molecule has 0 amide bonds. The Labute approximate surface area is 118 Å². The van der Waals surface area contributed by atoms with Crippen LogP contribution in [0.4, 0.5) is 23.2 Å². The summed E-state index contributed by atoms with van der Waals surface area (Å²) >= 11 is 5.62. The molecule has 6 heteroatoms. The van der Waals surface area contributed by atoms with Crippen molar-refractivity contribution in [1.82, 2.24) is 0 Å². The summed E-state index contributed by atoms with van der Waals surface area (Å²) in [5.41, 5.74) is -0.546. The van der Waals surface area contributed by atoms with E-state index in [0.717, 1.165) is 6.07 Å². The first-order valence-electron chi connectivity index (χ1n) is 5.72. The predicted molar refractivity (Wildman–Crippen MR) is 70.2 cm³/mol. The SMILES string of the molecule is Fc1cc(F)c(NCC(F)(F)c2ccccc2)c(Cl)c1. The highest BCUT2D eigenvalue weighted by atomic mass is 35.5. The zero-order valence-corrected chi connectivity index (χ0v) is 10.9. The summed E-state index contributed by atoms with van der Waals surface area (Å²) < 4.78 is 54.1. The van der Waals surface area contributed by atoms with Crippen molar-refractivity contribution in [3.05, 3.63) is 64.7 Å². The fourth-order valence-corrected chi connectivity index (χ4v) is 1.96. The van der Waals surface area contributed by atoms with Crippen LogP contribution < -0.4 is 5.32 Å². The molecule has 0 spiro atoms. The van der Waals surface area contributed by atoms with Crippen LogP contribution in [-0.2, 0) is 5.92 Å². The first-order valence-corrected chi connectivity index (χ1v) is 6.10. The number of halogens is 5. The molecule has 0 aliphatic rings. The number of anilines is 1. The average Bonchev–Trinajstić information content (AvgIpc) is 2.38. The van der Waals surface area contributed by atoms with Crippen LogP contribution in [0.2, 0.25) is 5.02 Å². The smallest absolute Gasteiger partial charge is 0.290 e. The molecule has 1 N–H and O–H groups in total. The molecule has 0 aliphatic carbocycles. The zero-order valence-electron chi connectivity index (χ0n) is 10.1. The standard InChI is InChI=1S/C14H10ClF4N/c15-11-6-10(16)7-12(17)13(11)20-8-14(18,19)9-4-2-1-3-5-9/h1-7,20H,8H2. The number of benzene rings is 2. The minimum Gasteiger partial charge on any atom is -0.375 e. The maximum atomic E-state index is 13.9. The largest absolute Gasteiger partial charge is 0.375 e. The van der Waals surface area contributed by atoms with E-state index in [1.165, 1.54) is 24.3 Å². The summed E-state index contributed by atoms with van der Waals surface area (Å²) in [6, 6.07) is 8.55. The van der Waals surface area contributed by atoms with Gasteiger partial charge in [-0.1, -0.05) is 41.9 Å². The van der Waals surface area contributed by atoms with E-state index in [2.05, 4.69) is 5.32 Å². The molecule has 0 radical (unpaired) electrons. The van der Waals surface area contributed by atoms with Crippen molar-refractivity contribution in [2.75, 3.05) is 11.9 Å². The highest BCUT2D eigenvalue weighted by molar-refractivity contribution is 6.33. The minimum absolute atomic E-state index is 0.203. The van der Waals surface area contributed by atoms with Crippen molar-refractivity contribution in [3.8, 4) is 0 Å². The lowest BCUT2D eigenvalue weighted by atomic mass is 10.1. The third-order valence-corrected chi connectivity index (χ3v) is 2.99. The summed E-state index contributed by atoms with van der Waals surface area (Å²) in [5, 5.41) is 1.94. The third kappa shape index (κ3) is 3.22. The van der Waals surface area contributed by atoms with E-state index >= 15 is 0 Å². The van der Waals surface area contributed by atoms with Crippen LogP contribution in [0.1, 0.15) is 5.56 Å². The molecule has 0 fully saturated rings. The molecule has 0 heterocycles. The second-order valence-corrected chi connectivity index (χ2v) is 4.58. The molecule has 0 aromatic heterocycles. The first-order chi connectivity index (χ1) is 9.40. The molecular formula is C14H10ClF4N. The Kier molecular flexibility index (Phi) is 4.18. The van der Waals surface area contributed by atoms with E-state index in [1.807, 2.05) is 0 Å². The lowest BCUT2D eigenvalue weighted by molar-refractivity contribution is 0.0106. The van der Waals surface area contributed by atoms with Crippen LogP contribution in [0, 0.1) is 11.6 Å². The number of rotatable bonds is 4. The summed E-state index contributed by atoms with van der Waals surface area (Å²) in [6.45, 7) is -0.848. The second-order valence-electron chi connectivity index (χ2n) is 4.17. The molecule has 0 atom stereocenters. The molecule has 2 aromatic carbocycles. The maximum absolute atomic E-state index is 13.9. The molecule has 0 saturated carbocycles. The number of hydrogen-bond acceptors (Lipinski definition) is 1. The summed E-state index contributed by atoms with van der Waals surface area (Å²) in [6.07, 6.45) is 0. The highest BCUT2D eigenvalue weighted by Gasteiger charge is 2.31. The average molecular weight is 304 g/mol. The van der Waals surface area contributed by atoms with Gasteiger partial charge in [0.15, 0.2) is 5.82 Å². The van der Waals surface area contributed by atoms with Gasteiger partial charge in [-0.25, -0.2) is 8.78 Å². The molecule has 0 unspecified atom stereocenters. The van der Waals surface area contributed by atoms with Crippen molar-refractivity contribution in [2.45, 2.75) is 5.92 Å². The Morgan fingerprint density at radius 1 is 1.05 bits per heavy atom. The van der Waals surface area contributed by atoms with Crippen LogP contribution in [0.15, 0.2) is 42.5 Å². The molecule has 0 saturated heterocycles. The highest BCUT2D eigenvalue weighted by Crippen LogP contribution is 2.31. The van der Waals surface area contributed by atoms with Gasteiger partial charge in [0.1, 0.15) is 5.82 Å². The minimum atomic E-state index is -3.20. The van der Waals surface area contributed by atoms with Gasteiger partial charge in [0.05, 0.1) is 17.3 Å². The van der Waals surface area contributed by atoms with E-state index in [-0.39, 0.29) is 16.3 Å². The van der Waals surface area contributed by atoms with Gasteiger partial charge in [-0.05, 0) is 6.07 Å². The molecule has 0 bridgehead atoms. The number of hydrogen-bond donors (Lipinski definition) is 1. The van der Waals surface area contributed by atoms with Crippen LogP contribution in [0.25, 0.3) is 0 Å². The van der Waals surface area contributed by atoms with Crippen molar-refractivity contribution in [3.63, 3.8) is 0 Å². The van der Waals surface area contributed by atoms with Crippen molar-refractivity contribution in [1.29, 1.82) is 0 Å². The molecule has 1 nitrogen and oxygen atoms in total.